The molecule has 0 atom stereocenters. The van der Waals surface area contributed by atoms with Crippen LogP contribution < -0.4 is 15.7 Å². The molecule has 1 amide bonds. The third-order valence-electron chi connectivity index (χ3n) is 7.53. The number of amides is 1. The molecule has 43 heavy (non-hydrogen) atoms. The van der Waals surface area contributed by atoms with E-state index in [-0.39, 0.29) is 24.0 Å². The van der Waals surface area contributed by atoms with Crippen molar-refractivity contribution >= 4 is 17.4 Å². The van der Waals surface area contributed by atoms with E-state index in [4.69, 9.17) is 4.74 Å². The van der Waals surface area contributed by atoms with Gasteiger partial charge in [-0.2, -0.15) is 15.2 Å². The summed E-state index contributed by atoms with van der Waals surface area (Å²) in [6, 6.07) is 23.7. The van der Waals surface area contributed by atoms with E-state index < -0.39 is 0 Å². The number of ether oxygens (including phenoxy) is 1. The van der Waals surface area contributed by atoms with Gasteiger partial charge in [-0.15, -0.1) is 0 Å². The Hall–Kier alpha value is -5.05. The number of aryl methyl sites for hydroxylation is 1. The van der Waals surface area contributed by atoms with Crippen molar-refractivity contribution < 1.29 is 9.53 Å². The fourth-order valence-electron chi connectivity index (χ4n) is 5.54. The summed E-state index contributed by atoms with van der Waals surface area (Å²) in [5.41, 5.74) is 9.18. The summed E-state index contributed by atoms with van der Waals surface area (Å²) in [5, 5.41) is 8.89. The van der Waals surface area contributed by atoms with Crippen LogP contribution in [0.4, 0.5) is 0 Å². The minimum atomic E-state index is -0.134. The van der Waals surface area contributed by atoms with E-state index in [1.165, 1.54) is 6.33 Å². The van der Waals surface area contributed by atoms with Crippen molar-refractivity contribution in [1.82, 2.24) is 24.6 Å². The Bertz CT molecular complexity index is 1870. The molecule has 1 aliphatic rings. The second-order valence-corrected chi connectivity index (χ2v) is 11.0. The Kier molecular flexibility index (Phi) is 7.87. The van der Waals surface area contributed by atoms with Crippen LogP contribution in [0.25, 0.3) is 22.6 Å². The first-order chi connectivity index (χ1) is 20.9. The normalized spacial score (nSPS) is 13.0. The third-order valence-corrected chi connectivity index (χ3v) is 7.53. The molecule has 0 saturated heterocycles. The Morgan fingerprint density at radius 1 is 0.977 bits per heavy atom. The molecule has 218 valence electrons. The summed E-state index contributed by atoms with van der Waals surface area (Å²) in [5.74, 6) is 1.07. The van der Waals surface area contributed by atoms with E-state index in [1.54, 1.807) is 9.08 Å². The van der Waals surface area contributed by atoms with E-state index >= 15 is 0 Å². The van der Waals surface area contributed by atoms with Gasteiger partial charge in [0.05, 0.1) is 29.6 Å². The van der Waals surface area contributed by atoms with Crippen LogP contribution in [0, 0.1) is 0 Å². The maximum Gasteiger partial charge on any atom is 0.263 e. The topological polar surface area (TPSA) is 103 Å². The summed E-state index contributed by atoms with van der Waals surface area (Å²) in [4.78, 5) is 31.0. The Balaban J connectivity index is 1.49. The maximum absolute atomic E-state index is 14.4. The van der Waals surface area contributed by atoms with Gasteiger partial charge in [0.2, 0.25) is 11.7 Å². The van der Waals surface area contributed by atoms with E-state index in [1.807, 2.05) is 74.5 Å². The number of benzene rings is 3. The highest BCUT2D eigenvalue weighted by Crippen LogP contribution is 2.28. The monoisotopic (exact) mass is 574 g/mol. The highest BCUT2D eigenvalue weighted by molar-refractivity contribution is 6.16. The molecule has 0 bridgehead atoms. The molecule has 0 radical (unpaired) electrons. The first kappa shape index (κ1) is 28.1. The quantitative estimate of drug-likeness (QED) is 0.238. The molecule has 3 aromatic carbocycles. The van der Waals surface area contributed by atoms with Gasteiger partial charge in [-0.3, -0.25) is 9.59 Å². The minimum Gasteiger partial charge on any atom is -0.491 e. The standard InChI is InChI=1S/C34H34N6O3/c1-4-5-11-31-29(33(42)39(34-35-21-36-40(31)34)25-13-15-26(16-14-25)43-22(2)3)19-23-12-17-27(24-9-7-6-8-10-24)28(18-23)30-20-32(41)38-37-30/h6-10,12-18,21-22H,4-5,11,19-20H2,1-3H3,(H,38,41). The zero-order valence-corrected chi connectivity index (χ0v) is 24.6. The van der Waals surface area contributed by atoms with Crippen LogP contribution >= 0.6 is 0 Å². The fraction of sp³-hybridized carbons (Fsp3) is 0.265. The number of nitrogens with one attached hydrogen (secondary N) is 1. The average Bonchev–Trinajstić information content (AvgIpc) is 3.67. The molecule has 0 unspecified atom stereocenters. The number of fused-ring (bicyclic) bond motifs is 1. The highest BCUT2D eigenvalue weighted by Gasteiger charge is 2.23. The van der Waals surface area contributed by atoms with Crippen LogP contribution in [-0.2, 0) is 17.6 Å². The first-order valence-corrected chi connectivity index (χ1v) is 14.7. The fourth-order valence-corrected chi connectivity index (χ4v) is 5.54. The molecule has 0 saturated carbocycles. The predicted molar refractivity (Wildman–Crippen MR) is 167 cm³/mol. The van der Waals surface area contributed by atoms with Crippen LogP contribution in [0.3, 0.4) is 0 Å². The largest absolute Gasteiger partial charge is 0.491 e. The SMILES string of the molecule is CCCCc1c(Cc2ccc(-c3ccccc3)c(C3=NNC(=O)C3)c2)c(=O)n(-c2ccc(OC(C)C)cc2)c2ncnn12. The van der Waals surface area contributed by atoms with Crippen molar-refractivity contribution in [3.05, 3.63) is 112 Å². The molecular weight excluding hydrogens is 540 g/mol. The van der Waals surface area contributed by atoms with Gasteiger partial charge < -0.3 is 4.74 Å². The van der Waals surface area contributed by atoms with Gasteiger partial charge in [0.25, 0.3) is 5.56 Å². The first-order valence-electron chi connectivity index (χ1n) is 14.7. The zero-order valence-electron chi connectivity index (χ0n) is 24.6. The van der Waals surface area contributed by atoms with Crippen molar-refractivity contribution in [2.75, 3.05) is 0 Å². The van der Waals surface area contributed by atoms with E-state index in [0.717, 1.165) is 46.5 Å². The lowest BCUT2D eigenvalue weighted by Crippen LogP contribution is -2.28. The number of nitrogens with zero attached hydrogens (tertiary/aromatic N) is 5. The average molecular weight is 575 g/mol. The van der Waals surface area contributed by atoms with E-state index in [0.29, 0.717) is 35.6 Å². The highest BCUT2D eigenvalue weighted by atomic mass is 16.5. The van der Waals surface area contributed by atoms with Crippen LogP contribution in [-0.4, -0.2) is 36.9 Å². The second-order valence-electron chi connectivity index (χ2n) is 11.0. The van der Waals surface area contributed by atoms with Crippen LogP contribution in [0.5, 0.6) is 5.75 Å². The number of unbranched alkanes of at least 4 members (excludes halogenated alkanes) is 1. The van der Waals surface area contributed by atoms with Gasteiger partial charge in [0, 0.05) is 17.5 Å². The molecule has 3 heterocycles. The Morgan fingerprint density at radius 3 is 2.47 bits per heavy atom. The van der Waals surface area contributed by atoms with Crippen LogP contribution in [0.2, 0.25) is 0 Å². The molecule has 2 aromatic heterocycles. The number of rotatable bonds is 10. The van der Waals surface area contributed by atoms with E-state index in [9.17, 15) is 9.59 Å². The van der Waals surface area contributed by atoms with Gasteiger partial charge in [0.15, 0.2) is 0 Å². The maximum atomic E-state index is 14.4. The molecule has 9 nitrogen and oxygen atoms in total. The minimum absolute atomic E-state index is 0.0449. The van der Waals surface area contributed by atoms with Crippen molar-refractivity contribution in [2.45, 2.75) is 59.0 Å². The lowest BCUT2D eigenvalue weighted by atomic mass is 9.91. The number of carbonyl (C=O) groups is 1. The lowest BCUT2D eigenvalue weighted by molar-refractivity contribution is -0.119. The summed E-state index contributed by atoms with van der Waals surface area (Å²) in [6.07, 6.45) is 4.72. The summed E-state index contributed by atoms with van der Waals surface area (Å²) < 4.78 is 9.24. The summed E-state index contributed by atoms with van der Waals surface area (Å²) in [7, 11) is 0. The van der Waals surface area contributed by atoms with E-state index in [2.05, 4.69) is 39.7 Å². The number of carbonyl (C=O) groups excluding carboxylic acids is 1. The van der Waals surface area contributed by atoms with Crippen molar-refractivity contribution in [2.24, 2.45) is 5.10 Å². The molecule has 5 aromatic rings. The van der Waals surface area contributed by atoms with Crippen LogP contribution in [0.1, 0.15) is 62.4 Å². The smallest absolute Gasteiger partial charge is 0.263 e. The summed E-state index contributed by atoms with van der Waals surface area (Å²) >= 11 is 0. The van der Waals surface area contributed by atoms with Crippen molar-refractivity contribution in [3.63, 3.8) is 0 Å². The lowest BCUT2D eigenvalue weighted by Gasteiger charge is -2.17. The molecule has 9 heteroatoms. The Labute approximate surface area is 249 Å². The van der Waals surface area contributed by atoms with Gasteiger partial charge in [-0.25, -0.2) is 14.5 Å². The van der Waals surface area contributed by atoms with Crippen LogP contribution in [0.15, 0.2) is 89.0 Å². The molecule has 0 aliphatic carbocycles. The summed E-state index contributed by atoms with van der Waals surface area (Å²) in [6.45, 7) is 6.09. The number of hydrazone groups is 1. The van der Waals surface area contributed by atoms with Gasteiger partial charge in [0.1, 0.15) is 12.1 Å². The van der Waals surface area contributed by atoms with Crippen molar-refractivity contribution in [1.29, 1.82) is 0 Å². The molecule has 6 rings (SSSR count). The van der Waals surface area contributed by atoms with Gasteiger partial charge in [-0.05, 0) is 73.7 Å². The second kappa shape index (κ2) is 12.1. The molecule has 1 aliphatic heterocycles. The number of hydrogen-bond donors (Lipinski definition) is 1. The number of hydrogen-bond acceptors (Lipinski definition) is 6. The third kappa shape index (κ3) is 5.70. The molecule has 0 fully saturated rings. The number of aromatic nitrogens is 4. The van der Waals surface area contributed by atoms with Gasteiger partial charge >= 0.3 is 0 Å². The zero-order chi connectivity index (χ0) is 29.9. The molecule has 1 N–H and O–H groups in total. The Morgan fingerprint density at radius 2 is 1.77 bits per heavy atom. The molecular formula is C34H34N6O3. The molecule has 0 spiro atoms. The predicted octanol–water partition coefficient (Wildman–Crippen LogP) is 5.49. The van der Waals surface area contributed by atoms with Gasteiger partial charge in [-0.1, -0.05) is 55.8 Å². The van der Waals surface area contributed by atoms with Crippen molar-refractivity contribution in [3.8, 4) is 22.6 Å².